The summed E-state index contributed by atoms with van der Waals surface area (Å²) in [6.45, 7) is 9.93. The van der Waals surface area contributed by atoms with Crippen LogP contribution in [-0.4, -0.2) is 101 Å². The third-order valence-corrected chi connectivity index (χ3v) is 10.4. The molecular formula is C32H55N4O8P. The second-order valence-corrected chi connectivity index (χ2v) is 14.5. The first kappa shape index (κ1) is 38.8. The van der Waals surface area contributed by atoms with Gasteiger partial charge in [0, 0.05) is 34.2 Å². The normalized spacial score (nSPS) is 20.2. The van der Waals surface area contributed by atoms with E-state index in [1.54, 1.807) is 54.1 Å². The predicted octanol–water partition coefficient (Wildman–Crippen LogP) is 2.75. The van der Waals surface area contributed by atoms with Crippen LogP contribution in [0, 0.1) is 17.8 Å². The standard InChI is InChI=1S/C32H55N4O8P/c1-9-21(4)29(35(6)32(39)28(33)20(2)3)25(43-7)19-27(37)36-17-13-16-24(36)30(44-8)22(5)31(38)34-26(45(40,41)42)18-23-14-11-10-12-15-23/h10-12,14-15,20-22,24-26,28-30H,9,13,16-19,33H2,1-8H3,(H,34,38)(H2,40,41,42)/t21-,22+,24?,25+,26+,28?,29-,30+/m0/s1. The van der Waals surface area contributed by atoms with E-state index in [1.807, 2.05) is 27.7 Å². The molecule has 13 heteroatoms. The number of methoxy groups -OCH3 is 2. The molecule has 1 saturated heterocycles. The first-order valence-electron chi connectivity index (χ1n) is 15.9. The summed E-state index contributed by atoms with van der Waals surface area (Å²) in [5, 5.41) is 2.55. The first-order chi connectivity index (χ1) is 21.1. The zero-order valence-corrected chi connectivity index (χ0v) is 29.0. The van der Waals surface area contributed by atoms with E-state index in [4.69, 9.17) is 15.2 Å². The number of ether oxygens (including phenoxy) is 2. The molecule has 2 unspecified atom stereocenters. The molecule has 0 bridgehead atoms. The maximum atomic E-state index is 13.9. The topological polar surface area (TPSA) is 172 Å². The van der Waals surface area contributed by atoms with Gasteiger partial charge in [-0.05, 0) is 30.2 Å². The van der Waals surface area contributed by atoms with Gasteiger partial charge in [0.05, 0.1) is 42.7 Å². The van der Waals surface area contributed by atoms with Crippen molar-refractivity contribution in [1.82, 2.24) is 15.1 Å². The fourth-order valence-electron chi connectivity index (χ4n) is 6.21. The van der Waals surface area contributed by atoms with Gasteiger partial charge in [0.25, 0.3) is 0 Å². The second kappa shape index (κ2) is 17.5. The van der Waals surface area contributed by atoms with Gasteiger partial charge in [-0.15, -0.1) is 0 Å². The highest BCUT2D eigenvalue weighted by Gasteiger charge is 2.43. The maximum absolute atomic E-state index is 13.9. The number of likely N-dealkylation sites (N-methyl/N-ethyl adjacent to an activating group) is 1. The molecule has 256 valence electrons. The minimum Gasteiger partial charge on any atom is -0.379 e. The minimum absolute atomic E-state index is 0.0188. The Morgan fingerprint density at radius 2 is 1.73 bits per heavy atom. The van der Waals surface area contributed by atoms with Crippen molar-refractivity contribution in [1.29, 1.82) is 0 Å². The summed E-state index contributed by atoms with van der Waals surface area (Å²) in [7, 11) is 0.0298. The van der Waals surface area contributed by atoms with Gasteiger partial charge in [-0.2, -0.15) is 0 Å². The van der Waals surface area contributed by atoms with Gasteiger partial charge in [0.15, 0.2) is 0 Å². The highest BCUT2D eigenvalue weighted by Crippen LogP contribution is 2.41. The van der Waals surface area contributed by atoms with Crippen molar-refractivity contribution in [2.75, 3.05) is 27.8 Å². The van der Waals surface area contributed by atoms with E-state index in [0.29, 0.717) is 24.9 Å². The Balaban J connectivity index is 2.23. The molecule has 8 atom stereocenters. The number of likely N-dealkylation sites (tertiary alicyclic amines) is 1. The zero-order valence-electron chi connectivity index (χ0n) is 28.1. The van der Waals surface area contributed by atoms with Crippen molar-refractivity contribution in [3.05, 3.63) is 35.9 Å². The average molecular weight is 655 g/mol. The number of nitrogens with two attached hydrogens (primary N) is 1. The van der Waals surface area contributed by atoms with Crippen molar-refractivity contribution < 1.29 is 38.2 Å². The van der Waals surface area contributed by atoms with Crippen LogP contribution >= 0.6 is 7.60 Å². The summed E-state index contributed by atoms with van der Waals surface area (Å²) in [6.07, 6.45) is 0.739. The van der Waals surface area contributed by atoms with Crippen LogP contribution in [0.4, 0.5) is 0 Å². The van der Waals surface area contributed by atoms with Crippen LogP contribution in [0.25, 0.3) is 0 Å². The van der Waals surface area contributed by atoms with Gasteiger partial charge in [0.2, 0.25) is 17.7 Å². The molecule has 1 fully saturated rings. The molecule has 0 radical (unpaired) electrons. The van der Waals surface area contributed by atoms with Crippen LogP contribution in [-0.2, 0) is 34.8 Å². The van der Waals surface area contributed by atoms with Crippen LogP contribution in [0.15, 0.2) is 30.3 Å². The fraction of sp³-hybridized carbons (Fsp3) is 0.719. The smallest absolute Gasteiger partial charge is 0.347 e. The fourth-order valence-corrected chi connectivity index (χ4v) is 6.96. The average Bonchev–Trinajstić information content (AvgIpc) is 3.49. The van der Waals surface area contributed by atoms with Crippen molar-refractivity contribution in [3.63, 3.8) is 0 Å². The molecule has 1 heterocycles. The van der Waals surface area contributed by atoms with Gasteiger partial charge in [-0.3, -0.25) is 18.9 Å². The van der Waals surface area contributed by atoms with Gasteiger partial charge in [-0.1, -0.05) is 71.4 Å². The molecule has 1 aromatic rings. The van der Waals surface area contributed by atoms with Gasteiger partial charge >= 0.3 is 7.60 Å². The van der Waals surface area contributed by atoms with Crippen LogP contribution in [0.1, 0.15) is 65.9 Å². The summed E-state index contributed by atoms with van der Waals surface area (Å²) in [6, 6.07) is 7.31. The van der Waals surface area contributed by atoms with Crippen LogP contribution < -0.4 is 11.1 Å². The molecule has 2 rings (SSSR count). The maximum Gasteiger partial charge on any atom is 0.347 e. The summed E-state index contributed by atoms with van der Waals surface area (Å²) < 4.78 is 23.9. The van der Waals surface area contributed by atoms with E-state index in [1.165, 1.54) is 14.2 Å². The number of hydrogen-bond donors (Lipinski definition) is 4. The molecule has 0 aromatic heterocycles. The summed E-state index contributed by atoms with van der Waals surface area (Å²) in [5.74, 6) is -3.20. The number of nitrogens with zero attached hydrogens (tertiary/aromatic N) is 2. The van der Waals surface area contributed by atoms with E-state index >= 15 is 0 Å². The Morgan fingerprint density at radius 3 is 2.24 bits per heavy atom. The first-order valence-corrected chi connectivity index (χ1v) is 17.5. The lowest BCUT2D eigenvalue weighted by Gasteiger charge is -2.40. The second-order valence-electron chi connectivity index (χ2n) is 12.7. The molecule has 1 aliphatic heterocycles. The Morgan fingerprint density at radius 1 is 1.11 bits per heavy atom. The van der Waals surface area contributed by atoms with Crippen molar-refractivity contribution in [3.8, 4) is 0 Å². The number of benzene rings is 1. The molecule has 5 N–H and O–H groups in total. The van der Waals surface area contributed by atoms with Gasteiger partial charge < -0.3 is 40.1 Å². The molecular weight excluding hydrogens is 599 g/mol. The molecule has 0 aliphatic carbocycles. The minimum atomic E-state index is -4.68. The molecule has 1 aliphatic rings. The number of rotatable bonds is 17. The highest BCUT2D eigenvalue weighted by atomic mass is 31.2. The van der Waals surface area contributed by atoms with Gasteiger partial charge in [0.1, 0.15) is 5.78 Å². The molecule has 3 amide bonds. The van der Waals surface area contributed by atoms with Crippen LogP contribution in [0.3, 0.4) is 0 Å². The Kier molecular flexibility index (Phi) is 15.1. The Bertz CT molecular complexity index is 1150. The SMILES string of the molecule is CC[C@H](C)[C@@H]([C@@H](CC(=O)N1CCCC1[C@H](OC)[C@@H](C)C(=O)N[C@@H](Cc1ccccc1)P(=O)(O)O)OC)N(C)C(=O)C(N)C(C)C. The molecule has 0 spiro atoms. The van der Waals surface area contributed by atoms with Crippen molar-refractivity contribution in [2.45, 2.75) is 103 Å². The van der Waals surface area contributed by atoms with E-state index in [0.717, 1.165) is 6.42 Å². The third-order valence-electron chi connectivity index (χ3n) is 9.25. The Labute approximate surface area is 268 Å². The summed E-state index contributed by atoms with van der Waals surface area (Å²) >= 11 is 0. The van der Waals surface area contributed by atoms with Crippen LogP contribution in [0.5, 0.6) is 0 Å². The van der Waals surface area contributed by atoms with E-state index < -0.39 is 49.5 Å². The monoisotopic (exact) mass is 654 g/mol. The lowest BCUT2D eigenvalue weighted by molar-refractivity contribution is -0.146. The van der Waals surface area contributed by atoms with E-state index in [-0.39, 0.29) is 42.5 Å². The number of carbonyl (C=O) groups excluding carboxylic acids is 3. The predicted molar refractivity (Wildman–Crippen MR) is 173 cm³/mol. The number of hydrogen-bond acceptors (Lipinski definition) is 7. The molecule has 12 nitrogen and oxygen atoms in total. The van der Waals surface area contributed by atoms with Crippen molar-refractivity contribution >= 4 is 25.3 Å². The number of nitrogens with one attached hydrogen (secondary N) is 1. The van der Waals surface area contributed by atoms with E-state index in [9.17, 15) is 28.7 Å². The number of carbonyl (C=O) groups is 3. The number of amides is 3. The third kappa shape index (κ3) is 10.3. The van der Waals surface area contributed by atoms with Gasteiger partial charge in [-0.25, -0.2) is 0 Å². The largest absolute Gasteiger partial charge is 0.379 e. The highest BCUT2D eigenvalue weighted by molar-refractivity contribution is 7.52. The Hall–Kier alpha value is -2.34. The molecule has 0 saturated carbocycles. The lowest BCUT2D eigenvalue weighted by atomic mass is 9.89. The summed E-state index contributed by atoms with van der Waals surface area (Å²) in [5.41, 5.74) is 6.87. The zero-order chi connectivity index (χ0) is 34.1. The summed E-state index contributed by atoms with van der Waals surface area (Å²) in [4.78, 5) is 63.8. The van der Waals surface area contributed by atoms with E-state index in [2.05, 4.69) is 5.32 Å². The molecule has 45 heavy (non-hydrogen) atoms. The lowest BCUT2D eigenvalue weighted by Crippen LogP contribution is -2.56. The van der Waals surface area contributed by atoms with Crippen LogP contribution in [0.2, 0.25) is 0 Å². The quantitative estimate of drug-likeness (QED) is 0.184. The van der Waals surface area contributed by atoms with Crippen molar-refractivity contribution in [2.24, 2.45) is 23.5 Å². The molecule has 1 aromatic carbocycles.